The van der Waals surface area contributed by atoms with Gasteiger partial charge in [0.05, 0.1) is 29.4 Å². The number of fused-ring (bicyclic) bond motifs is 5. The molecule has 0 radical (unpaired) electrons. The summed E-state index contributed by atoms with van der Waals surface area (Å²) >= 11 is 1.82. The van der Waals surface area contributed by atoms with Crippen LogP contribution < -0.4 is 9.22 Å². The molecule has 0 saturated carbocycles. The summed E-state index contributed by atoms with van der Waals surface area (Å²) < 4.78 is 9.15. The maximum Gasteiger partial charge on any atom is 2.00 e. The first-order valence-corrected chi connectivity index (χ1v) is 14.6. The monoisotopic (exact) mass is 667 g/mol. The average molecular weight is 668 g/mol. The summed E-state index contributed by atoms with van der Waals surface area (Å²) in [6, 6.07) is 41.9. The van der Waals surface area contributed by atoms with Gasteiger partial charge in [-0.05, 0) is 36.0 Å². The van der Waals surface area contributed by atoms with Gasteiger partial charge in [-0.25, -0.2) is 4.98 Å². The quantitative estimate of drug-likeness (QED) is 0.107. The Balaban J connectivity index is 0.00000300. The van der Waals surface area contributed by atoms with Gasteiger partial charge in [-0.3, -0.25) is 4.48 Å². The van der Waals surface area contributed by atoms with Crippen molar-refractivity contribution in [3.8, 4) is 28.4 Å². The van der Waals surface area contributed by atoms with Crippen LogP contribution in [-0.2, 0) is 20.4 Å². The van der Waals surface area contributed by atoms with Crippen molar-refractivity contribution >= 4 is 45.1 Å². The summed E-state index contributed by atoms with van der Waals surface area (Å²) in [6.07, 6.45) is 3.63. The van der Waals surface area contributed by atoms with Crippen LogP contribution in [0.3, 0.4) is 0 Å². The molecule has 0 aliphatic carbocycles. The van der Waals surface area contributed by atoms with E-state index in [1.807, 2.05) is 72.6 Å². The minimum Gasteiger partial charge on any atom is -0.503 e. The molecule has 3 aromatic heterocycles. The fraction of sp³-hybridized carbons (Fsp3) is 0.0556. The molecule has 0 unspecified atom stereocenters. The number of ether oxygens (including phenoxy) is 1. The third-order valence-electron chi connectivity index (χ3n) is 7.82. The SMILES string of the molecule is C[N+]1(C)c2ccccc2Sc2cc3c(cc21)c1cccnc1n3-c1[c-]c(Oc2[c-]c(-c3ccccn3)ccc2)ccc1.[Pd+2]. The molecule has 7 heteroatoms. The van der Waals surface area contributed by atoms with Gasteiger partial charge in [0.25, 0.3) is 0 Å². The second-order valence-electron chi connectivity index (χ2n) is 10.7. The summed E-state index contributed by atoms with van der Waals surface area (Å²) in [7, 11) is 4.52. The number of pyridine rings is 2. The predicted octanol–water partition coefficient (Wildman–Crippen LogP) is 8.99. The van der Waals surface area contributed by atoms with E-state index in [1.165, 1.54) is 26.6 Å². The van der Waals surface area contributed by atoms with E-state index in [1.54, 1.807) is 6.20 Å². The maximum atomic E-state index is 6.28. The van der Waals surface area contributed by atoms with E-state index in [0.717, 1.165) is 33.5 Å². The van der Waals surface area contributed by atoms with Gasteiger partial charge in [0, 0.05) is 46.8 Å². The van der Waals surface area contributed by atoms with Crippen molar-refractivity contribution in [2.24, 2.45) is 0 Å². The number of hydrogen-bond donors (Lipinski definition) is 0. The fourth-order valence-electron chi connectivity index (χ4n) is 5.80. The predicted molar refractivity (Wildman–Crippen MR) is 170 cm³/mol. The van der Waals surface area contributed by atoms with Gasteiger partial charge in [0.15, 0.2) is 11.4 Å². The zero-order valence-corrected chi connectivity index (χ0v) is 25.8. The zero-order chi connectivity index (χ0) is 28.3. The van der Waals surface area contributed by atoms with Crippen molar-refractivity contribution < 1.29 is 25.2 Å². The topological polar surface area (TPSA) is 39.9 Å². The van der Waals surface area contributed by atoms with E-state index in [2.05, 4.69) is 84.3 Å². The van der Waals surface area contributed by atoms with Crippen LogP contribution in [0.4, 0.5) is 11.4 Å². The van der Waals surface area contributed by atoms with Gasteiger partial charge >= 0.3 is 20.4 Å². The van der Waals surface area contributed by atoms with Gasteiger partial charge in [0.2, 0.25) is 0 Å². The number of para-hydroxylation sites is 1. The van der Waals surface area contributed by atoms with E-state index in [9.17, 15) is 0 Å². The van der Waals surface area contributed by atoms with Gasteiger partial charge in [0.1, 0.15) is 5.65 Å². The van der Waals surface area contributed by atoms with Crippen molar-refractivity contribution in [1.29, 1.82) is 0 Å². The number of nitrogens with zero attached hydrogens (tertiary/aromatic N) is 4. The third-order valence-corrected chi connectivity index (χ3v) is 8.93. The van der Waals surface area contributed by atoms with Gasteiger partial charge in [-0.15, -0.1) is 42.0 Å². The van der Waals surface area contributed by atoms with Crippen LogP contribution in [0.2, 0.25) is 0 Å². The minimum atomic E-state index is 0. The summed E-state index contributed by atoms with van der Waals surface area (Å²) in [5.74, 6) is 1.21. The van der Waals surface area contributed by atoms with Gasteiger partial charge in [-0.2, -0.15) is 6.07 Å². The molecule has 5 nitrogen and oxygen atoms in total. The first-order chi connectivity index (χ1) is 20.6. The van der Waals surface area contributed by atoms with E-state index in [4.69, 9.17) is 9.72 Å². The summed E-state index contributed by atoms with van der Waals surface area (Å²) in [6.45, 7) is 0. The van der Waals surface area contributed by atoms with Crippen molar-refractivity contribution in [2.45, 2.75) is 9.79 Å². The summed E-state index contributed by atoms with van der Waals surface area (Å²) in [5, 5.41) is 2.27. The molecule has 43 heavy (non-hydrogen) atoms. The molecule has 4 heterocycles. The van der Waals surface area contributed by atoms with Crippen LogP contribution in [0.15, 0.2) is 125 Å². The van der Waals surface area contributed by atoms with E-state index in [-0.39, 0.29) is 20.4 Å². The van der Waals surface area contributed by atoms with Crippen LogP contribution in [0, 0.1) is 12.1 Å². The van der Waals surface area contributed by atoms with E-state index < -0.39 is 0 Å². The molecule has 0 fully saturated rings. The Labute approximate surface area is 268 Å². The Hall–Kier alpha value is -4.25. The number of rotatable bonds is 4. The molecule has 0 spiro atoms. The van der Waals surface area contributed by atoms with Crippen molar-refractivity contribution in [3.63, 3.8) is 0 Å². The first kappa shape index (κ1) is 27.6. The Kier molecular flexibility index (Phi) is 6.92. The summed E-state index contributed by atoms with van der Waals surface area (Å²) in [5.41, 5.74) is 7.15. The number of hydrogen-bond acceptors (Lipinski definition) is 4. The number of quaternary nitrogens is 1. The molecule has 4 aromatic carbocycles. The van der Waals surface area contributed by atoms with Crippen molar-refractivity contribution in [1.82, 2.24) is 19.0 Å². The van der Waals surface area contributed by atoms with Crippen molar-refractivity contribution in [2.75, 3.05) is 14.1 Å². The number of benzene rings is 4. The molecule has 1 aliphatic heterocycles. The number of aromatic nitrogens is 3. The Bertz CT molecular complexity index is 2140. The first-order valence-electron chi connectivity index (χ1n) is 13.8. The molecule has 8 rings (SSSR count). The molecule has 0 N–H and O–H groups in total. The minimum absolute atomic E-state index is 0. The van der Waals surface area contributed by atoms with Crippen LogP contribution in [0.25, 0.3) is 38.9 Å². The smallest absolute Gasteiger partial charge is 0.503 e. The molecule has 1 aliphatic rings. The molecule has 0 saturated heterocycles. The molecular formula is C36H25N4OPdS+. The molecule has 0 amide bonds. The van der Waals surface area contributed by atoms with Crippen LogP contribution in [0.1, 0.15) is 0 Å². The molecule has 7 aromatic rings. The Morgan fingerprint density at radius 3 is 2.35 bits per heavy atom. The second-order valence-corrected chi connectivity index (χ2v) is 11.8. The molecule has 210 valence electrons. The normalized spacial score (nSPS) is 13.3. The van der Waals surface area contributed by atoms with Crippen LogP contribution >= 0.6 is 11.8 Å². The van der Waals surface area contributed by atoms with Crippen LogP contribution in [-0.4, -0.2) is 28.6 Å². The molecule has 0 bridgehead atoms. The molecule has 0 atom stereocenters. The Morgan fingerprint density at radius 1 is 0.698 bits per heavy atom. The van der Waals surface area contributed by atoms with Gasteiger partial charge < -0.3 is 14.3 Å². The summed E-state index contributed by atoms with van der Waals surface area (Å²) in [4.78, 5) is 11.8. The van der Waals surface area contributed by atoms with Crippen molar-refractivity contribution in [3.05, 3.63) is 128 Å². The standard InChI is InChI=1S/C36H25N4OS.Pd/c1-40(2)32-16-3-4-17-34(32)42-35-23-31-29(22-33(35)40)28-14-9-19-38-36(28)39(31)25-11-8-13-27(21-25)41-26-12-7-10-24(20-26)30-15-5-6-18-37-30;/h3-19,22-23H,1-2H3;/q-1;+2. The van der Waals surface area contributed by atoms with Gasteiger partial charge in [-0.1, -0.05) is 47.8 Å². The Morgan fingerprint density at radius 2 is 1.49 bits per heavy atom. The third kappa shape index (κ3) is 4.66. The molecular weight excluding hydrogens is 643 g/mol. The fourth-order valence-corrected chi connectivity index (χ4v) is 7.14. The largest absolute Gasteiger partial charge is 2.00 e. The second kappa shape index (κ2) is 10.8. The zero-order valence-electron chi connectivity index (χ0n) is 23.4. The van der Waals surface area contributed by atoms with E-state index >= 15 is 0 Å². The maximum absolute atomic E-state index is 6.28. The van der Waals surface area contributed by atoms with E-state index in [0.29, 0.717) is 16.0 Å². The average Bonchev–Trinajstić information content (AvgIpc) is 3.34. The van der Waals surface area contributed by atoms with Crippen LogP contribution in [0.5, 0.6) is 11.5 Å².